The van der Waals surface area contributed by atoms with Crippen LogP contribution in [0.4, 0.5) is 0 Å². The van der Waals surface area contributed by atoms with Gasteiger partial charge in [0.05, 0.1) is 5.52 Å². The number of pyridine rings is 1. The highest BCUT2D eigenvalue weighted by molar-refractivity contribution is 6.30. The van der Waals surface area contributed by atoms with Crippen molar-refractivity contribution in [3.05, 3.63) is 105 Å². The first-order valence-corrected chi connectivity index (χ1v) is 9.84. The Morgan fingerprint density at radius 3 is 2.72 bits per heavy atom. The molecule has 29 heavy (non-hydrogen) atoms. The lowest BCUT2D eigenvalue weighted by Gasteiger charge is -2.19. The molecule has 2 N–H and O–H groups in total. The Kier molecular flexibility index (Phi) is 5.69. The van der Waals surface area contributed by atoms with Crippen LogP contribution >= 0.6 is 11.6 Å². The molecule has 0 aliphatic carbocycles. The van der Waals surface area contributed by atoms with Crippen LogP contribution in [-0.4, -0.2) is 15.0 Å². The van der Waals surface area contributed by atoms with Crippen molar-refractivity contribution in [2.45, 2.75) is 25.9 Å². The van der Waals surface area contributed by atoms with Crippen molar-refractivity contribution >= 4 is 22.5 Å². The molecule has 0 saturated carbocycles. The fourth-order valence-corrected chi connectivity index (χ4v) is 3.56. The molecule has 0 radical (unpaired) electrons. The summed E-state index contributed by atoms with van der Waals surface area (Å²) in [7, 11) is 0. The minimum Gasteiger partial charge on any atom is -0.311 e. The van der Waals surface area contributed by atoms with Crippen LogP contribution in [0, 0.1) is 6.92 Å². The molecule has 2 heterocycles. The quantitative estimate of drug-likeness (QED) is 0.501. The smallest absolute Gasteiger partial charge is 0.251 e. The highest BCUT2D eigenvalue weighted by Crippen LogP contribution is 2.21. The summed E-state index contributed by atoms with van der Waals surface area (Å²) in [6.45, 7) is 2.47. The number of H-pyrrole nitrogens is 1. The summed E-state index contributed by atoms with van der Waals surface area (Å²) in [4.78, 5) is 23.4. The predicted octanol–water partition coefficient (Wildman–Crippen LogP) is 4.35. The second-order valence-corrected chi connectivity index (χ2v) is 7.48. The van der Waals surface area contributed by atoms with E-state index in [4.69, 9.17) is 11.6 Å². The van der Waals surface area contributed by atoms with E-state index in [1.165, 1.54) is 5.56 Å². The van der Waals surface area contributed by atoms with Crippen LogP contribution in [0.3, 0.4) is 0 Å². The Bertz CT molecular complexity index is 1190. The maximum absolute atomic E-state index is 11.8. The molecule has 0 saturated heterocycles. The third-order valence-corrected chi connectivity index (χ3v) is 5.07. The van der Waals surface area contributed by atoms with Gasteiger partial charge in [-0.15, -0.1) is 0 Å². The molecule has 0 bridgehead atoms. The standard InChI is InChI=1S/C23H21ClN4O/c1-15-27-20(13-23(29)28-15)12-22(17-5-7-19(24)8-6-17)26-14-16-4-9-21-18(11-16)3-2-10-25-21/h2-11,13,22,26H,12,14H2,1H3,(H,27,28,29)/t22-/m0/s1. The van der Waals surface area contributed by atoms with Gasteiger partial charge in [-0.2, -0.15) is 0 Å². The van der Waals surface area contributed by atoms with Crippen LogP contribution in [0.25, 0.3) is 10.9 Å². The number of halogens is 1. The Balaban J connectivity index is 1.58. The average Bonchev–Trinajstić information content (AvgIpc) is 2.71. The monoisotopic (exact) mass is 404 g/mol. The topological polar surface area (TPSA) is 70.7 Å². The van der Waals surface area contributed by atoms with E-state index in [2.05, 4.69) is 38.5 Å². The first-order chi connectivity index (χ1) is 14.1. The lowest BCUT2D eigenvalue weighted by atomic mass is 10.0. The lowest BCUT2D eigenvalue weighted by molar-refractivity contribution is 0.524. The number of aryl methyl sites for hydroxylation is 1. The number of aromatic nitrogens is 3. The molecular formula is C23H21ClN4O. The van der Waals surface area contributed by atoms with Crippen LogP contribution < -0.4 is 10.9 Å². The summed E-state index contributed by atoms with van der Waals surface area (Å²) in [6, 6.07) is 19.6. The summed E-state index contributed by atoms with van der Waals surface area (Å²) in [6.07, 6.45) is 2.40. The SMILES string of the molecule is Cc1nc(C[C@H](NCc2ccc3ncccc3c2)c2ccc(Cl)cc2)cc(=O)[nH]1. The third kappa shape index (κ3) is 4.88. The Hall–Kier alpha value is -3.02. The molecule has 0 aliphatic heterocycles. The zero-order chi connectivity index (χ0) is 20.2. The molecule has 4 aromatic rings. The first-order valence-electron chi connectivity index (χ1n) is 9.46. The van der Waals surface area contributed by atoms with Crippen LogP contribution in [0.15, 0.2) is 71.7 Å². The van der Waals surface area contributed by atoms with Crippen molar-refractivity contribution in [1.29, 1.82) is 0 Å². The van der Waals surface area contributed by atoms with Crippen molar-refractivity contribution in [2.75, 3.05) is 0 Å². The number of fused-ring (bicyclic) bond motifs is 1. The van der Waals surface area contributed by atoms with Gasteiger partial charge in [-0.25, -0.2) is 4.98 Å². The zero-order valence-corrected chi connectivity index (χ0v) is 16.8. The molecule has 4 rings (SSSR count). The highest BCUT2D eigenvalue weighted by Gasteiger charge is 2.14. The summed E-state index contributed by atoms with van der Waals surface area (Å²) < 4.78 is 0. The van der Waals surface area contributed by atoms with Crippen molar-refractivity contribution in [3.8, 4) is 0 Å². The number of hydrogen-bond donors (Lipinski definition) is 2. The second kappa shape index (κ2) is 8.55. The van der Waals surface area contributed by atoms with Gasteiger partial charge in [0.15, 0.2) is 0 Å². The first kappa shape index (κ1) is 19.3. The molecule has 0 amide bonds. The van der Waals surface area contributed by atoms with E-state index in [1.807, 2.05) is 36.4 Å². The van der Waals surface area contributed by atoms with Gasteiger partial charge in [-0.05, 0) is 48.4 Å². The largest absolute Gasteiger partial charge is 0.311 e. The Morgan fingerprint density at radius 2 is 1.93 bits per heavy atom. The van der Waals surface area contributed by atoms with Gasteiger partial charge < -0.3 is 10.3 Å². The number of nitrogens with zero attached hydrogens (tertiary/aromatic N) is 2. The molecule has 0 spiro atoms. The summed E-state index contributed by atoms with van der Waals surface area (Å²) in [5.41, 5.74) is 3.86. The molecule has 0 unspecified atom stereocenters. The summed E-state index contributed by atoms with van der Waals surface area (Å²) >= 11 is 6.06. The fraction of sp³-hybridized carbons (Fsp3) is 0.174. The maximum atomic E-state index is 11.8. The van der Waals surface area contributed by atoms with E-state index >= 15 is 0 Å². The average molecular weight is 405 g/mol. The van der Waals surface area contributed by atoms with Crippen LogP contribution in [0.2, 0.25) is 5.02 Å². The second-order valence-electron chi connectivity index (χ2n) is 7.04. The Labute approximate surface area is 173 Å². The van der Waals surface area contributed by atoms with E-state index in [0.717, 1.165) is 22.2 Å². The molecule has 6 heteroatoms. The number of benzene rings is 2. The molecular weight excluding hydrogens is 384 g/mol. The van der Waals surface area contributed by atoms with Gasteiger partial charge in [0.2, 0.25) is 0 Å². The number of aromatic amines is 1. The summed E-state index contributed by atoms with van der Waals surface area (Å²) in [5.74, 6) is 0.615. The van der Waals surface area contributed by atoms with Crippen molar-refractivity contribution in [2.24, 2.45) is 0 Å². The van der Waals surface area contributed by atoms with Crippen molar-refractivity contribution in [3.63, 3.8) is 0 Å². The van der Waals surface area contributed by atoms with E-state index < -0.39 is 0 Å². The molecule has 5 nitrogen and oxygen atoms in total. The van der Waals surface area contributed by atoms with Gasteiger partial charge >= 0.3 is 0 Å². The van der Waals surface area contributed by atoms with Crippen LogP contribution in [0.1, 0.15) is 28.7 Å². The van der Waals surface area contributed by atoms with Gasteiger partial charge in [0.25, 0.3) is 5.56 Å². The van der Waals surface area contributed by atoms with Gasteiger partial charge in [0, 0.05) is 47.4 Å². The molecule has 0 aliphatic rings. The van der Waals surface area contributed by atoms with E-state index in [0.29, 0.717) is 23.8 Å². The van der Waals surface area contributed by atoms with E-state index in [-0.39, 0.29) is 11.6 Å². The number of rotatable bonds is 6. The van der Waals surface area contributed by atoms with Gasteiger partial charge in [-0.1, -0.05) is 35.9 Å². The van der Waals surface area contributed by atoms with E-state index in [1.54, 1.807) is 19.2 Å². The van der Waals surface area contributed by atoms with Crippen LogP contribution in [-0.2, 0) is 13.0 Å². The molecule has 0 fully saturated rings. The number of nitrogens with one attached hydrogen (secondary N) is 2. The third-order valence-electron chi connectivity index (χ3n) is 4.82. The highest BCUT2D eigenvalue weighted by atomic mass is 35.5. The van der Waals surface area contributed by atoms with Crippen molar-refractivity contribution in [1.82, 2.24) is 20.3 Å². The number of hydrogen-bond acceptors (Lipinski definition) is 4. The van der Waals surface area contributed by atoms with Gasteiger partial charge in [0.1, 0.15) is 5.82 Å². The van der Waals surface area contributed by atoms with E-state index in [9.17, 15) is 4.79 Å². The van der Waals surface area contributed by atoms with Crippen LogP contribution in [0.5, 0.6) is 0 Å². The molecule has 2 aromatic carbocycles. The lowest BCUT2D eigenvalue weighted by Crippen LogP contribution is -2.24. The summed E-state index contributed by atoms with van der Waals surface area (Å²) in [5, 5.41) is 5.41. The molecule has 146 valence electrons. The Morgan fingerprint density at radius 1 is 1.10 bits per heavy atom. The minimum absolute atomic E-state index is 0.00874. The predicted molar refractivity (Wildman–Crippen MR) is 116 cm³/mol. The minimum atomic E-state index is -0.135. The van der Waals surface area contributed by atoms with Crippen molar-refractivity contribution < 1.29 is 0 Å². The maximum Gasteiger partial charge on any atom is 0.251 e. The van der Waals surface area contributed by atoms with Gasteiger partial charge in [-0.3, -0.25) is 9.78 Å². The molecule has 2 aromatic heterocycles. The fourth-order valence-electron chi connectivity index (χ4n) is 3.43. The zero-order valence-electron chi connectivity index (χ0n) is 16.0. The molecule has 1 atom stereocenters. The normalized spacial score (nSPS) is 12.2.